The van der Waals surface area contributed by atoms with Crippen LogP contribution in [0.3, 0.4) is 0 Å². The van der Waals surface area contributed by atoms with E-state index in [2.05, 4.69) is 15.0 Å². The van der Waals surface area contributed by atoms with E-state index in [4.69, 9.17) is 21.4 Å². The van der Waals surface area contributed by atoms with Crippen LogP contribution in [0, 0.1) is 5.82 Å². The quantitative estimate of drug-likeness (QED) is 0.597. The monoisotopic (exact) mass is 459 g/mol. The van der Waals surface area contributed by atoms with E-state index >= 15 is 0 Å². The molecule has 2 aromatic heterocycles. The van der Waals surface area contributed by atoms with Gasteiger partial charge in [0.25, 0.3) is 0 Å². The van der Waals surface area contributed by atoms with E-state index in [9.17, 15) is 14.3 Å². The summed E-state index contributed by atoms with van der Waals surface area (Å²) in [5.74, 6) is 0.469. The number of aliphatic hydroxyl groups excluding tert-OH is 1. The number of nitrogens with zero attached hydrogens (tertiary/aromatic N) is 5. The Morgan fingerprint density at radius 3 is 2.44 bits per heavy atom. The van der Waals surface area contributed by atoms with Gasteiger partial charge in [-0.3, -0.25) is 0 Å². The van der Waals surface area contributed by atoms with Crippen molar-refractivity contribution in [3.8, 4) is 22.9 Å². The van der Waals surface area contributed by atoms with Crippen molar-refractivity contribution < 1.29 is 24.1 Å². The number of anilines is 1. The molecular weight excluding hydrogens is 441 g/mol. The van der Waals surface area contributed by atoms with Crippen molar-refractivity contribution in [1.82, 2.24) is 19.9 Å². The minimum Gasteiger partial charge on any atom is -0.465 e. The zero-order chi connectivity index (χ0) is 22.7. The maximum absolute atomic E-state index is 13.8. The van der Waals surface area contributed by atoms with Gasteiger partial charge in [0.05, 0.1) is 24.7 Å². The summed E-state index contributed by atoms with van der Waals surface area (Å²) in [5, 5.41) is 18.9. The molecule has 1 aliphatic heterocycles. The number of rotatable bonds is 5. The van der Waals surface area contributed by atoms with E-state index in [1.165, 1.54) is 29.4 Å². The third kappa shape index (κ3) is 5.04. The van der Waals surface area contributed by atoms with E-state index < -0.39 is 11.9 Å². The molecule has 0 saturated carbocycles. The van der Waals surface area contributed by atoms with Crippen LogP contribution >= 0.6 is 11.6 Å². The minimum absolute atomic E-state index is 0.179. The van der Waals surface area contributed by atoms with Crippen molar-refractivity contribution in [3.05, 3.63) is 59.1 Å². The molecule has 0 spiro atoms. The van der Waals surface area contributed by atoms with Gasteiger partial charge in [0.2, 0.25) is 11.8 Å². The van der Waals surface area contributed by atoms with E-state index in [1.807, 2.05) is 4.90 Å². The minimum atomic E-state index is -0.938. The van der Waals surface area contributed by atoms with Gasteiger partial charge >= 0.3 is 6.09 Å². The molecule has 4 rings (SSSR count). The molecule has 1 saturated heterocycles. The van der Waals surface area contributed by atoms with E-state index in [-0.39, 0.29) is 17.5 Å². The number of hydrogen-bond acceptors (Lipinski definition) is 7. The standard InChI is InChI=1S/C21H19ClFN5O4/c22-15-7-14(8-16(23)9-15)18-5-13(12-29)6-19(26-18)32-17-10-24-20(25-11-17)27-1-3-28(4-2-27)21(30)31/h5-11,29H,1-4,12H2,(H,30,31). The zero-order valence-corrected chi connectivity index (χ0v) is 17.5. The van der Waals surface area contributed by atoms with E-state index in [0.29, 0.717) is 54.7 Å². The highest BCUT2D eigenvalue weighted by atomic mass is 35.5. The normalized spacial score (nSPS) is 13.8. The SMILES string of the molecule is O=C(O)N1CCN(c2ncc(Oc3cc(CO)cc(-c4cc(F)cc(Cl)c4)n3)cn2)CC1. The molecule has 166 valence electrons. The molecule has 32 heavy (non-hydrogen) atoms. The summed E-state index contributed by atoms with van der Waals surface area (Å²) in [4.78, 5) is 27.2. The number of ether oxygens (including phenoxy) is 1. The number of aliphatic hydroxyl groups is 1. The Morgan fingerprint density at radius 1 is 1.09 bits per heavy atom. The molecule has 9 nitrogen and oxygen atoms in total. The number of amides is 1. The van der Waals surface area contributed by atoms with Crippen molar-refractivity contribution >= 4 is 23.6 Å². The molecule has 2 N–H and O–H groups in total. The highest BCUT2D eigenvalue weighted by Gasteiger charge is 2.22. The summed E-state index contributed by atoms with van der Waals surface area (Å²) in [6.45, 7) is 1.48. The Kier molecular flexibility index (Phi) is 6.33. The number of piperazine rings is 1. The zero-order valence-electron chi connectivity index (χ0n) is 16.8. The first-order valence-electron chi connectivity index (χ1n) is 9.72. The molecule has 1 aromatic carbocycles. The molecule has 1 amide bonds. The lowest BCUT2D eigenvalue weighted by molar-refractivity contribution is 0.142. The Labute approximate surface area is 187 Å². The fraction of sp³-hybridized carbons (Fsp3) is 0.238. The second-order valence-corrected chi connectivity index (χ2v) is 7.53. The van der Waals surface area contributed by atoms with Gasteiger partial charge < -0.3 is 24.7 Å². The number of carbonyl (C=O) groups is 1. The second kappa shape index (κ2) is 9.33. The van der Waals surface area contributed by atoms with Crippen molar-refractivity contribution in [2.45, 2.75) is 6.61 Å². The smallest absolute Gasteiger partial charge is 0.407 e. The molecule has 3 aromatic rings. The Hall–Kier alpha value is -3.50. The maximum atomic E-state index is 13.8. The Balaban J connectivity index is 1.51. The topological polar surface area (TPSA) is 112 Å². The fourth-order valence-corrected chi connectivity index (χ4v) is 3.52. The second-order valence-electron chi connectivity index (χ2n) is 7.09. The number of pyridine rings is 1. The lowest BCUT2D eigenvalue weighted by Crippen LogP contribution is -2.48. The molecule has 0 aliphatic carbocycles. The van der Waals surface area contributed by atoms with Crippen molar-refractivity contribution in [2.24, 2.45) is 0 Å². The summed E-state index contributed by atoms with van der Waals surface area (Å²) in [6, 6.07) is 7.23. The fourth-order valence-electron chi connectivity index (χ4n) is 3.30. The van der Waals surface area contributed by atoms with Crippen molar-refractivity contribution in [1.29, 1.82) is 0 Å². The largest absolute Gasteiger partial charge is 0.465 e. The molecular formula is C21H19ClFN5O4. The van der Waals surface area contributed by atoms with Crippen LogP contribution in [0.25, 0.3) is 11.3 Å². The summed E-state index contributed by atoms with van der Waals surface area (Å²) >= 11 is 5.94. The van der Waals surface area contributed by atoms with E-state index in [1.54, 1.807) is 18.2 Å². The van der Waals surface area contributed by atoms with Crippen LogP contribution < -0.4 is 9.64 Å². The highest BCUT2D eigenvalue weighted by Crippen LogP contribution is 2.28. The van der Waals surface area contributed by atoms with Crippen molar-refractivity contribution in [2.75, 3.05) is 31.1 Å². The lowest BCUT2D eigenvalue weighted by atomic mass is 10.1. The maximum Gasteiger partial charge on any atom is 0.407 e. The first-order valence-corrected chi connectivity index (χ1v) is 10.1. The van der Waals surface area contributed by atoms with Crippen LogP contribution in [0.4, 0.5) is 15.1 Å². The van der Waals surface area contributed by atoms with Gasteiger partial charge in [-0.2, -0.15) is 0 Å². The number of hydrogen-bond donors (Lipinski definition) is 2. The van der Waals surface area contributed by atoms with Crippen LogP contribution in [0.1, 0.15) is 5.56 Å². The highest BCUT2D eigenvalue weighted by molar-refractivity contribution is 6.30. The van der Waals surface area contributed by atoms with E-state index in [0.717, 1.165) is 0 Å². The lowest BCUT2D eigenvalue weighted by Gasteiger charge is -2.32. The summed E-state index contributed by atoms with van der Waals surface area (Å²) in [5.41, 5.74) is 1.36. The van der Waals surface area contributed by atoms with Crippen LogP contribution in [0.2, 0.25) is 5.02 Å². The molecule has 11 heteroatoms. The number of carboxylic acid groups (broad SMARTS) is 1. The first kappa shape index (κ1) is 21.7. The summed E-state index contributed by atoms with van der Waals surface area (Å²) in [6.07, 6.45) is 2.03. The predicted octanol–water partition coefficient (Wildman–Crippen LogP) is 3.42. The molecule has 0 bridgehead atoms. The Bertz CT molecular complexity index is 1100. The number of benzene rings is 1. The van der Waals surface area contributed by atoms with Gasteiger partial charge in [0.1, 0.15) is 5.82 Å². The van der Waals surface area contributed by atoms with Crippen LogP contribution in [0.5, 0.6) is 11.6 Å². The molecule has 0 unspecified atom stereocenters. The summed E-state index contributed by atoms with van der Waals surface area (Å²) in [7, 11) is 0. The average molecular weight is 460 g/mol. The molecule has 0 atom stereocenters. The first-order chi connectivity index (χ1) is 15.4. The molecule has 1 aliphatic rings. The van der Waals surface area contributed by atoms with Crippen LogP contribution in [-0.4, -0.2) is 62.3 Å². The number of halogens is 2. The van der Waals surface area contributed by atoms with Gasteiger partial charge in [0.15, 0.2) is 5.75 Å². The Morgan fingerprint density at radius 2 is 1.81 bits per heavy atom. The molecule has 3 heterocycles. The summed E-state index contributed by atoms with van der Waals surface area (Å²) < 4.78 is 19.5. The third-order valence-electron chi connectivity index (χ3n) is 4.87. The molecule has 1 fully saturated rings. The average Bonchev–Trinajstić information content (AvgIpc) is 2.79. The van der Waals surface area contributed by atoms with Gasteiger partial charge in [-0.1, -0.05) is 11.6 Å². The van der Waals surface area contributed by atoms with Crippen molar-refractivity contribution in [3.63, 3.8) is 0 Å². The van der Waals surface area contributed by atoms with Crippen LogP contribution in [0.15, 0.2) is 42.7 Å². The van der Waals surface area contributed by atoms with Crippen LogP contribution in [-0.2, 0) is 6.61 Å². The van der Waals surface area contributed by atoms with Gasteiger partial charge in [-0.15, -0.1) is 0 Å². The van der Waals surface area contributed by atoms with Gasteiger partial charge in [0, 0.05) is 42.8 Å². The predicted molar refractivity (Wildman–Crippen MR) is 114 cm³/mol. The van der Waals surface area contributed by atoms with Gasteiger partial charge in [-0.25, -0.2) is 24.1 Å². The molecule has 0 radical (unpaired) electrons. The third-order valence-corrected chi connectivity index (χ3v) is 5.09. The number of aromatic nitrogens is 3. The van der Waals surface area contributed by atoms with Gasteiger partial charge in [-0.05, 0) is 29.8 Å².